The summed E-state index contributed by atoms with van der Waals surface area (Å²) in [6, 6.07) is 1.25. The quantitative estimate of drug-likeness (QED) is 0.377. The van der Waals surface area contributed by atoms with E-state index in [1.165, 1.54) is 19.2 Å². The first-order valence-electron chi connectivity index (χ1n) is 12.3. The fraction of sp³-hybridized carbons (Fsp3) is 0.500. The van der Waals surface area contributed by atoms with E-state index >= 15 is 4.39 Å². The van der Waals surface area contributed by atoms with Gasteiger partial charge < -0.3 is 26.0 Å². The third-order valence-electron chi connectivity index (χ3n) is 6.94. The maximum Gasteiger partial charge on any atom is 0.258 e. The van der Waals surface area contributed by atoms with Gasteiger partial charge in [0.2, 0.25) is 0 Å². The first-order chi connectivity index (χ1) is 17.2. The average molecular weight is 534 g/mol. The number of nitrogens with zero attached hydrogens (tertiary/aromatic N) is 3. The molecule has 5 N–H and O–H groups in total. The van der Waals surface area contributed by atoms with Gasteiger partial charge in [0.05, 0.1) is 22.9 Å². The molecule has 1 fully saturated rings. The molecule has 0 radical (unpaired) electrons. The molecule has 0 saturated heterocycles. The minimum Gasteiger partial charge on any atom is -0.490 e. The minimum absolute atomic E-state index is 0.0734. The molecule has 1 atom stereocenters. The molecule has 200 valence electrons. The summed E-state index contributed by atoms with van der Waals surface area (Å²) in [5.74, 6) is -1.40. The van der Waals surface area contributed by atoms with Crippen molar-refractivity contribution in [1.29, 1.82) is 0 Å². The van der Waals surface area contributed by atoms with Crippen molar-refractivity contribution in [2.45, 2.75) is 83.6 Å². The lowest BCUT2D eigenvalue weighted by molar-refractivity contribution is 0.0711. The van der Waals surface area contributed by atoms with Gasteiger partial charge in [-0.3, -0.25) is 9.20 Å². The minimum atomic E-state index is -1.87. The zero-order valence-electron chi connectivity index (χ0n) is 21.6. The third kappa shape index (κ3) is 4.97. The summed E-state index contributed by atoms with van der Waals surface area (Å²) >= 11 is 6.30. The van der Waals surface area contributed by atoms with Gasteiger partial charge in [0.1, 0.15) is 34.1 Å². The second-order valence-corrected chi connectivity index (χ2v) is 10.9. The van der Waals surface area contributed by atoms with Crippen LogP contribution in [-0.4, -0.2) is 48.2 Å². The topological polar surface area (TPSA) is 135 Å². The highest BCUT2D eigenvalue weighted by Gasteiger charge is 2.40. The number of aromatic nitrogens is 3. The number of nitrogens with two attached hydrogens (primary N) is 1. The van der Waals surface area contributed by atoms with E-state index in [-0.39, 0.29) is 28.0 Å². The van der Waals surface area contributed by atoms with Crippen LogP contribution in [0.25, 0.3) is 5.52 Å². The maximum atomic E-state index is 15.5. The van der Waals surface area contributed by atoms with Crippen LogP contribution in [0.1, 0.15) is 80.8 Å². The number of aryl methyl sites for hydroxylation is 1. The van der Waals surface area contributed by atoms with Crippen LogP contribution in [0.5, 0.6) is 5.75 Å². The zero-order valence-corrected chi connectivity index (χ0v) is 22.4. The van der Waals surface area contributed by atoms with Crippen molar-refractivity contribution in [2.24, 2.45) is 0 Å². The number of hydrogen-bond donors (Lipinski definition) is 4. The molecule has 1 aliphatic rings. The molecule has 1 aromatic carbocycles. The van der Waals surface area contributed by atoms with Crippen LogP contribution < -0.4 is 15.8 Å². The fourth-order valence-electron chi connectivity index (χ4n) is 4.94. The highest BCUT2D eigenvalue weighted by Crippen LogP contribution is 2.42. The number of carbonyl (C=O) groups excluding carboxylic acids is 1. The summed E-state index contributed by atoms with van der Waals surface area (Å²) < 4.78 is 23.1. The van der Waals surface area contributed by atoms with Crippen molar-refractivity contribution in [3.8, 4) is 5.75 Å². The van der Waals surface area contributed by atoms with Gasteiger partial charge in [-0.1, -0.05) is 11.6 Å². The number of halogens is 2. The molecule has 9 nitrogen and oxygen atoms in total. The summed E-state index contributed by atoms with van der Waals surface area (Å²) in [5.41, 5.74) is 4.25. The van der Waals surface area contributed by atoms with Crippen LogP contribution in [0, 0.1) is 12.7 Å². The molecule has 1 amide bonds. The summed E-state index contributed by atoms with van der Waals surface area (Å²) in [6.07, 6.45) is 4.31. The molecule has 4 rings (SSSR count). The number of aliphatic hydroxyl groups is 2. The van der Waals surface area contributed by atoms with Crippen molar-refractivity contribution in [1.82, 2.24) is 19.7 Å². The monoisotopic (exact) mass is 533 g/mol. The van der Waals surface area contributed by atoms with E-state index in [4.69, 9.17) is 22.1 Å². The third-order valence-corrected chi connectivity index (χ3v) is 7.22. The second-order valence-electron chi connectivity index (χ2n) is 10.5. The van der Waals surface area contributed by atoms with Crippen LogP contribution in [0.3, 0.4) is 0 Å². The molecule has 0 bridgehead atoms. The Morgan fingerprint density at radius 3 is 2.68 bits per heavy atom. The summed E-state index contributed by atoms with van der Waals surface area (Å²) in [4.78, 5) is 22.2. The largest absolute Gasteiger partial charge is 0.490 e. The summed E-state index contributed by atoms with van der Waals surface area (Å²) in [7, 11) is 0. The Balaban J connectivity index is 1.89. The van der Waals surface area contributed by atoms with Gasteiger partial charge in [0.15, 0.2) is 5.82 Å². The molecule has 2 heterocycles. The normalized spacial score (nSPS) is 21.7. The number of ether oxygens (including phenoxy) is 1. The molecule has 37 heavy (non-hydrogen) atoms. The Morgan fingerprint density at radius 1 is 1.41 bits per heavy atom. The van der Waals surface area contributed by atoms with Gasteiger partial charge in [-0.05, 0) is 66.4 Å². The van der Waals surface area contributed by atoms with E-state index in [9.17, 15) is 15.0 Å². The van der Waals surface area contributed by atoms with E-state index in [2.05, 4.69) is 15.3 Å². The molecule has 1 unspecified atom stereocenters. The lowest BCUT2D eigenvalue weighted by Gasteiger charge is -2.37. The van der Waals surface area contributed by atoms with Crippen LogP contribution in [-0.2, 0) is 5.60 Å². The number of aliphatic hydroxyl groups excluding tert-OH is 1. The van der Waals surface area contributed by atoms with Gasteiger partial charge >= 0.3 is 0 Å². The number of amides is 1. The van der Waals surface area contributed by atoms with Crippen LogP contribution in [0.2, 0.25) is 5.02 Å². The first-order valence-corrected chi connectivity index (χ1v) is 12.6. The molecule has 1 saturated carbocycles. The first kappa shape index (κ1) is 27.1. The standard InChI is InChI=1S/C26H33ClFN5O4/c1-13(2)37-21-16(26(5,36)24-31-14(3)20-22(29)30-10-11-33(20)24)12-17(27)19(28)18(21)23(35)32-25(4)8-6-15(34)7-9-25/h10-13,15,34,36H,6-9H2,1-5H3,(H2,29,30)(H,32,35)/t15-,25-,26?. The van der Waals surface area contributed by atoms with Gasteiger partial charge in [-0.15, -0.1) is 0 Å². The number of anilines is 1. The number of hydrogen-bond acceptors (Lipinski definition) is 7. The van der Waals surface area contributed by atoms with Gasteiger partial charge in [-0.2, -0.15) is 0 Å². The van der Waals surface area contributed by atoms with Gasteiger partial charge in [0, 0.05) is 23.5 Å². The number of imidazole rings is 1. The molecule has 2 aromatic heterocycles. The Hall–Kier alpha value is -2.95. The van der Waals surface area contributed by atoms with Crippen molar-refractivity contribution >= 4 is 28.8 Å². The van der Waals surface area contributed by atoms with E-state index < -0.39 is 40.6 Å². The van der Waals surface area contributed by atoms with Gasteiger partial charge in [0.25, 0.3) is 5.91 Å². The Morgan fingerprint density at radius 2 is 2.05 bits per heavy atom. The van der Waals surface area contributed by atoms with Crippen LogP contribution >= 0.6 is 11.6 Å². The number of nitrogen functional groups attached to an aromatic ring is 1. The molecular weight excluding hydrogens is 501 g/mol. The summed E-state index contributed by atoms with van der Waals surface area (Å²) in [6.45, 7) is 8.53. The second kappa shape index (κ2) is 9.74. The lowest BCUT2D eigenvalue weighted by atomic mass is 9.81. The van der Waals surface area contributed by atoms with E-state index in [0.717, 1.165) is 0 Å². The molecule has 0 spiro atoms. The molecular formula is C26H33ClFN5O4. The maximum absolute atomic E-state index is 15.5. The zero-order chi connectivity index (χ0) is 27.3. The predicted octanol–water partition coefficient (Wildman–Crippen LogP) is 3.88. The van der Waals surface area contributed by atoms with Crippen molar-refractivity contribution < 1.29 is 24.1 Å². The van der Waals surface area contributed by atoms with Gasteiger partial charge in [-0.25, -0.2) is 14.4 Å². The number of carbonyl (C=O) groups is 1. The van der Waals surface area contributed by atoms with Crippen molar-refractivity contribution in [2.75, 3.05) is 5.73 Å². The van der Waals surface area contributed by atoms with Crippen molar-refractivity contribution in [3.05, 3.63) is 51.9 Å². The smallest absolute Gasteiger partial charge is 0.258 e. The Kier molecular flexibility index (Phi) is 7.13. The highest BCUT2D eigenvalue weighted by molar-refractivity contribution is 6.31. The van der Waals surface area contributed by atoms with Crippen LogP contribution in [0.15, 0.2) is 18.5 Å². The van der Waals surface area contributed by atoms with Crippen molar-refractivity contribution in [3.63, 3.8) is 0 Å². The predicted molar refractivity (Wildman–Crippen MR) is 138 cm³/mol. The summed E-state index contributed by atoms with van der Waals surface area (Å²) in [5, 5.41) is 24.4. The van der Waals surface area contributed by atoms with Crippen LogP contribution in [0.4, 0.5) is 10.2 Å². The number of nitrogens with one attached hydrogen (secondary N) is 1. The highest BCUT2D eigenvalue weighted by atomic mass is 35.5. The molecule has 11 heteroatoms. The Labute approximate surface area is 219 Å². The SMILES string of the molecule is Cc1nc(C(C)(O)c2cc(Cl)c(F)c(C(=O)N[C@]3(C)CC[C@@H](O)CC3)c2OC(C)C)n2ccnc(N)c12. The average Bonchev–Trinajstić information content (AvgIpc) is 3.16. The van der Waals surface area contributed by atoms with E-state index in [1.807, 2.05) is 6.92 Å². The Bertz CT molecular complexity index is 1350. The lowest BCUT2D eigenvalue weighted by Crippen LogP contribution is -2.49. The fourth-order valence-corrected chi connectivity index (χ4v) is 5.14. The number of rotatable bonds is 6. The number of fused-ring (bicyclic) bond motifs is 1. The number of benzene rings is 1. The van der Waals surface area contributed by atoms with E-state index in [0.29, 0.717) is 36.9 Å². The molecule has 0 aliphatic heterocycles. The molecule has 3 aromatic rings. The molecule has 1 aliphatic carbocycles. The van der Waals surface area contributed by atoms with E-state index in [1.54, 1.807) is 31.4 Å².